The summed E-state index contributed by atoms with van der Waals surface area (Å²) in [5.74, 6) is 0. The summed E-state index contributed by atoms with van der Waals surface area (Å²) >= 11 is 0. The van der Waals surface area contributed by atoms with E-state index in [0.29, 0.717) is 0 Å². The van der Waals surface area contributed by atoms with E-state index in [1.807, 2.05) is 0 Å². The zero-order valence-electron chi connectivity index (χ0n) is 14.1. The topological polar surface area (TPSA) is 33.1 Å². The lowest BCUT2D eigenvalue weighted by Crippen LogP contribution is -2.10. The molecule has 0 fully saturated rings. The molecule has 146 valence electrons. The second kappa shape index (κ2) is 7.27. The molecule has 0 bridgehead atoms. The highest BCUT2D eigenvalue weighted by Gasteiger charge is 2.36. The van der Waals surface area contributed by atoms with Crippen molar-refractivity contribution >= 4 is 0 Å². The van der Waals surface area contributed by atoms with Crippen molar-refractivity contribution in [2.75, 3.05) is 0 Å². The molecule has 0 amide bonds. The van der Waals surface area contributed by atoms with Crippen molar-refractivity contribution in [1.82, 2.24) is 4.98 Å². The average Bonchev–Trinajstić information content (AvgIpc) is 2.66. The number of pyridine rings is 1. The van der Waals surface area contributed by atoms with E-state index in [1.54, 1.807) is 0 Å². The maximum atomic E-state index is 13.4. The molecule has 1 N–H and O–H groups in total. The molecule has 0 unspecified atom stereocenters. The van der Waals surface area contributed by atoms with Gasteiger partial charge in [-0.1, -0.05) is 36.4 Å². The molecule has 0 aliphatic heterocycles. The Labute approximate surface area is 156 Å². The van der Waals surface area contributed by atoms with Crippen LogP contribution in [-0.4, -0.2) is 10.1 Å². The van der Waals surface area contributed by atoms with Gasteiger partial charge in [0, 0.05) is 23.5 Å². The van der Waals surface area contributed by atoms with E-state index in [2.05, 4.69) is 4.98 Å². The lowest BCUT2D eigenvalue weighted by molar-refractivity contribution is -0.137. The Morgan fingerprint density at radius 3 is 1.39 bits per heavy atom. The molecule has 28 heavy (non-hydrogen) atoms. The number of rotatable bonds is 3. The Hall–Kier alpha value is -2.87. The monoisotopic (exact) mass is 397 g/mol. The third-order valence-corrected chi connectivity index (χ3v) is 4.26. The Kier molecular flexibility index (Phi) is 5.16. The fourth-order valence-corrected chi connectivity index (χ4v) is 3.05. The zero-order valence-corrected chi connectivity index (χ0v) is 14.1. The highest BCUT2D eigenvalue weighted by Crippen LogP contribution is 2.42. The Morgan fingerprint density at radius 1 is 0.643 bits per heavy atom. The first kappa shape index (κ1) is 19.9. The van der Waals surface area contributed by atoms with Gasteiger partial charge >= 0.3 is 12.4 Å². The number of hydrogen-bond donors (Lipinski definition) is 1. The molecule has 2 nitrogen and oxygen atoms in total. The van der Waals surface area contributed by atoms with E-state index in [1.165, 1.54) is 36.4 Å². The standard InChI is InChI=1S/C20H13F6NO/c21-19(22,23)17-7-3-1-5-12(17)14-9-27-10-15(16(14)11-28)13-6-2-4-8-18(13)20(24,25)26/h1-10,28H,11H2. The van der Waals surface area contributed by atoms with Crippen molar-refractivity contribution in [2.45, 2.75) is 19.0 Å². The molecule has 0 aliphatic carbocycles. The lowest BCUT2D eigenvalue weighted by Gasteiger charge is -2.19. The van der Waals surface area contributed by atoms with Gasteiger partial charge in [-0.15, -0.1) is 0 Å². The number of aliphatic hydroxyl groups excluding tert-OH is 1. The molecule has 0 aliphatic rings. The van der Waals surface area contributed by atoms with Gasteiger partial charge in [-0.3, -0.25) is 4.98 Å². The van der Waals surface area contributed by atoms with Crippen molar-refractivity contribution in [2.24, 2.45) is 0 Å². The fourth-order valence-electron chi connectivity index (χ4n) is 3.05. The molecule has 0 saturated heterocycles. The normalized spacial score (nSPS) is 12.2. The van der Waals surface area contributed by atoms with Gasteiger partial charge in [-0.05, 0) is 28.8 Å². The quantitative estimate of drug-likeness (QED) is 0.555. The summed E-state index contributed by atoms with van der Waals surface area (Å²) in [5, 5.41) is 9.82. The molecular formula is C20H13F6NO. The third-order valence-electron chi connectivity index (χ3n) is 4.26. The molecule has 1 aromatic heterocycles. The molecule has 0 spiro atoms. The van der Waals surface area contributed by atoms with Crippen LogP contribution in [0.3, 0.4) is 0 Å². The molecule has 8 heteroatoms. The van der Waals surface area contributed by atoms with Crippen LogP contribution in [0.5, 0.6) is 0 Å². The van der Waals surface area contributed by atoms with E-state index in [9.17, 15) is 31.4 Å². The minimum absolute atomic E-state index is 0.0663. The Morgan fingerprint density at radius 2 is 1.04 bits per heavy atom. The van der Waals surface area contributed by atoms with E-state index >= 15 is 0 Å². The molecule has 3 rings (SSSR count). The van der Waals surface area contributed by atoms with Crippen LogP contribution >= 0.6 is 0 Å². The van der Waals surface area contributed by atoms with Crippen molar-refractivity contribution in [3.8, 4) is 22.3 Å². The van der Waals surface area contributed by atoms with Crippen LogP contribution in [0.15, 0.2) is 60.9 Å². The zero-order chi connectivity index (χ0) is 20.5. The SMILES string of the molecule is OCc1c(-c2ccccc2C(F)(F)F)cncc1-c1ccccc1C(F)(F)F. The van der Waals surface area contributed by atoms with Gasteiger partial charge in [-0.25, -0.2) is 0 Å². The first-order valence-electron chi connectivity index (χ1n) is 8.05. The minimum atomic E-state index is -4.68. The van der Waals surface area contributed by atoms with Crippen molar-refractivity contribution in [1.29, 1.82) is 0 Å². The maximum Gasteiger partial charge on any atom is 0.417 e. The average molecular weight is 397 g/mol. The van der Waals surface area contributed by atoms with Crippen LogP contribution in [0.25, 0.3) is 22.3 Å². The molecule has 0 atom stereocenters. The molecular weight excluding hydrogens is 384 g/mol. The van der Waals surface area contributed by atoms with Gasteiger partial charge in [0.15, 0.2) is 0 Å². The second-order valence-electron chi connectivity index (χ2n) is 5.96. The predicted octanol–water partition coefficient (Wildman–Crippen LogP) is 5.95. The summed E-state index contributed by atoms with van der Waals surface area (Å²) < 4.78 is 80.3. The highest BCUT2D eigenvalue weighted by atomic mass is 19.4. The van der Waals surface area contributed by atoms with Gasteiger partial charge in [0.05, 0.1) is 17.7 Å². The summed E-state index contributed by atoms with van der Waals surface area (Å²) in [6.07, 6.45) is -7.14. The largest absolute Gasteiger partial charge is 0.417 e. The first-order chi connectivity index (χ1) is 13.1. The lowest BCUT2D eigenvalue weighted by atomic mass is 9.90. The summed E-state index contributed by atoms with van der Waals surface area (Å²) in [4.78, 5) is 3.85. The van der Waals surface area contributed by atoms with Gasteiger partial charge in [0.1, 0.15) is 0 Å². The highest BCUT2D eigenvalue weighted by molar-refractivity contribution is 5.80. The number of halogens is 6. The van der Waals surface area contributed by atoms with Gasteiger partial charge in [-0.2, -0.15) is 26.3 Å². The van der Waals surface area contributed by atoms with E-state index < -0.39 is 30.1 Å². The fraction of sp³-hybridized carbons (Fsp3) is 0.150. The third kappa shape index (κ3) is 3.73. The van der Waals surface area contributed by atoms with Crippen LogP contribution in [0.2, 0.25) is 0 Å². The molecule has 0 saturated carbocycles. The number of benzene rings is 2. The van der Waals surface area contributed by atoms with Crippen molar-refractivity contribution < 1.29 is 31.4 Å². The molecule has 1 heterocycles. The molecule has 3 aromatic rings. The Bertz CT molecular complexity index is 919. The van der Waals surface area contributed by atoms with E-state index in [0.717, 1.165) is 24.5 Å². The van der Waals surface area contributed by atoms with Gasteiger partial charge < -0.3 is 5.11 Å². The van der Waals surface area contributed by atoms with Crippen LogP contribution in [0, 0.1) is 0 Å². The summed E-state index contributed by atoms with van der Waals surface area (Å²) in [5.41, 5.74) is -2.69. The molecule has 2 aromatic carbocycles. The van der Waals surface area contributed by atoms with E-state index in [-0.39, 0.29) is 27.8 Å². The maximum absolute atomic E-state index is 13.4. The number of aromatic nitrogens is 1. The van der Waals surface area contributed by atoms with Crippen LogP contribution < -0.4 is 0 Å². The van der Waals surface area contributed by atoms with Gasteiger partial charge in [0.25, 0.3) is 0 Å². The summed E-state index contributed by atoms with van der Waals surface area (Å²) in [6, 6.07) is 9.29. The van der Waals surface area contributed by atoms with Gasteiger partial charge in [0.2, 0.25) is 0 Å². The minimum Gasteiger partial charge on any atom is -0.392 e. The number of hydrogen-bond acceptors (Lipinski definition) is 2. The van der Waals surface area contributed by atoms with Crippen molar-refractivity contribution in [3.63, 3.8) is 0 Å². The summed E-state index contributed by atoms with van der Waals surface area (Å²) in [6.45, 7) is -0.758. The Balaban J connectivity index is 2.30. The second-order valence-corrected chi connectivity index (χ2v) is 5.96. The van der Waals surface area contributed by atoms with Crippen LogP contribution in [0.1, 0.15) is 16.7 Å². The number of aliphatic hydroxyl groups is 1. The molecule has 0 radical (unpaired) electrons. The summed E-state index contributed by atoms with van der Waals surface area (Å²) in [7, 11) is 0. The van der Waals surface area contributed by atoms with Crippen LogP contribution in [0.4, 0.5) is 26.3 Å². The van der Waals surface area contributed by atoms with Crippen LogP contribution in [-0.2, 0) is 19.0 Å². The first-order valence-corrected chi connectivity index (χ1v) is 8.05. The smallest absolute Gasteiger partial charge is 0.392 e. The number of nitrogens with zero attached hydrogens (tertiary/aromatic N) is 1. The predicted molar refractivity (Wildman–Crippen MR) is 91.0 cm³/mol. The van der Waals surface area contributed by atoms with E-state index in [4.69, 9.17) is 0 Å². The van der Waals surface area contributed by atoms with Crippen molar-refractivity contribution in [3.05, 3.63) is 77.6 Å². The number of alkyl halides is 6.